The van der Waals surface area contributed by atoms with Crippen LogP contribution in [0.3, 0.4) is 0 Å². The lowest BCUT2D eigenvalue weighted by molar-refractivity contribution is 0.112. The van der Waals surface area contributed by atoms with Crippen molar-refractivity contribution in [1.82, 2.24) is 15.0 Å². The zero-order valence-electron chi connectivity index (χ0n) is 13.4. The third-order valence-corrected chi connectivity index (χ3v) is 3.76. The van der Waals surface area contributed by atoms with Gasteiger partial charge in [0, 0.05) is 29.2 Å². The van der Waals surface area contributed by atoms with Crippen molar-refractivity contribution in [2.45, 2.75) is 6.54 Å². The molecular formula is C18H18N6O. The van der Waals surface area contributed by atoms with E-state index in [1.807, 2.05) is 48.7 Å². The predicted octanol–water partition coefficient (Wildman–Crippen LogP) is 2.23. The van der Waals surface area contributed by atoms with Gasteiger partial charge in [-0.3, -0.25) is 4.79 Å². The van der Waals surface area contributed by atoms with Crippen molar-refractivity contribution in [3.8, 4) is 0 Å². The van der Waals surface area contributed by atoms with Gasteiger partial charge in [0.05, 0.1) is 5.52 Å². The molecule has 7 nitrogen and oxygen atoms in total. The van der Waals surface area contributed by atoms with E-state index in [-0.39, 0.29) is 5.95 Å². The summed E-state index contributed by atoms with van der Waals surface area (Å²) in [5, 5.41) is 1.94. The van der Waals surface area contributed by atoms with Gasteiger partial charge in [0.25, 0.3) is 0 Å². The molecule has 0 saturated carbocycles. The fraction of sp³-hybridized carbons (Fsp3) is 0.0556. The molecule has 2 aromatic carbocycles. The number of carbonyl (C=O) groups is 1. The highest BCUT2D eigenvalue weighted by molar-refractivity contribution is 5.89. The topological polar surface area (TPSA) is 137 Å². The lowest BCUT2D eigenvalue weighted by atomic mass is 10.1. The number of aldehydes is 1. The number of hydrogen-bond acceptors (Lipinski definition) is 6. The number of hydrogen-bond donors (Lipinski definition) is 4. The molecule has 4 aromatic rings. The second-order valence-electron chi connectivity index (χ2n) is 5.46. The van der Waals surface area contributed by atoms with Crippen molar-refractivity contribution in [1.29, 1.82) is 0 Å². The van der Waals surface area contributed by atoms with Gasteiger partial charge in [0.1, 0.15) is 12.1 Å². The first-order valence-corrected chi connectivity index (χ1v) is 7.64. The van der Waals surface area contributed by atoms with Crippen LogP contribution in [0.15, 0.2) is 48.7 Å². The van der Waals surface area contributed by atoms with E-state index in [4.69, 9.17) is 17.2 Å². The van der Waals surface area contributed by atoms with Gasteiger partial charge in [0.2, 0.25) is 5.95 Å². The number of anilines is 2. The number of H-pyrrole nitrogens is 1. The van der Waals surface area contributed by atoms with Gasteiger partial charge in [-0.25, -0.2) is 4.98 Å². The molecule has 126 valence electrons. The monoisotopic (exact) mass is 334 g/mol. The van der Waals surface area contributed by atoms with Crippen molar-refractivity contribution in [3.05, 3.63) is 59.8 Å². The van der Waals surface area contributed by atoms with Gasteiger partial charge in [-0.1, -0.05) is 18.2 Å². The number of nitrogens with two attached hydrogens (primary N) is 3. The van der Waals surface area contributed by atoms with Crippen LogP contribution in [0.25, 0.3) is 21.8 Å². The molecule has 0 amide bonds. The van der Waals surface area contributed by atoms with Crippen LogP contribution in [0.1, 0.15) is 15.9 Å². The van der Waals surface area contributed by atoms with Crippen LogP contribution in [0, 0.1) is 0 Å². The standard InChI is InChI=1S/C9H11N5.C9H7NO/c10-4-5-1-2-6-7(3-5)13-9(12)14-8(6)11;11-6-7-1-2-8-3-4-10-9(8)5-7/h1-3H,4,10H2,(H4,11,12,13,14);1-6,10H. The maximum atomic E-state index is 10.4. The van der Waals surface area contributed by atoms with Crippen LogP contribution < -0.4 is 17.2 Å². The Labute approximate surface area is 143 Å². The lowest BCUT2D eigenvalue weighted by Crippen LogP contribution is -2.02. The van der Waals surface area contributed by atoms with E-state index in [1.54, 1.807) is 0 Å². The van der Waals surface area contributed by atoms with Gasteiger partial charge in [0.15, 0.2) is 0 Å². The van der Waals surface area contributed by atoms with Gasteiger partial charge in [-0.15, -0.1) is 0 Å². The van der Waals surface area contributed by atoms with Gasteiger partial charge in [-0.05, 0) is 35.2 Å². The molecule has 0 spiro atoms. The zero-order chi connectivity index (χ0) is 17.8. The fourth-order valence-electron chi connectivity index (χ4n) is 2.48. The molecule has 0 unspecified atom stereocenters. The van der Waals surface area contributed by atoms with Gasteiger partial charge in [-0.2, -0.15) is 4.98 Å². The maximum absolute atomic E-state index is 10.4. The quantitative estimate of drug-likeness (QED) is 0.415. The summed E-state index contributed by atoms with van der Waals surface area (Å²) in [4.78, 5) is 21.3. The Bertz CT molecular complexity index is 1040. The molecule has 25 heavy (non-hydrogen) atoms. The van der Waals surface area contributed by atoms with Crippen molar-refractivity contribution in [2.75, 3.05) is 11.5 Å². The van der Waals surface area contributed by atoms with Crippen molar-refractivity contribution >= 4 is 39.9 Å². The molecule has 0 radical (unpaired) electrons. The molecular weight excluding hydrogens is 316 g/mol. The molecule has 0 aliphatic heterocycles. The molecule has 0 aliphatic rings. The summed E-state index contributed by atoms with van der Waals surface area (Å²) in [6, 6.07) is 13.2. The Balaban J connectivity index is 0.000000150. The Morgan fingerprint density at radius 1 is 1.04 bits per heavy atom. The van der Waals surface area contributed by atoms with Crippen LogP contribution in [-0.2, 0) is 6.54 Å². The number of fused-ring (bicyclic) bond motifs is 2. The number of nitrogens with one attached hydrogen (secondary N) is 1. The minimum Gasteiger partial charge on any atom is -0.383 e. The summed E-state index contributed by atoms with van der Waals surface area (Å²) >= 11 is 0. The molecule has 0 atom stereocenters. The normalized spacial score (nSPS) is 10.4. The van der Waals surface area contributed by atoms with E-state index < -0.39 is 0 Å². The molecule has 7 heteroatoms. The Kier molecular flexibility index (Phi) is 4.58. The van der Waals surface area contributed by atoms with Gasteiger partial charge >= 0.3 is 0 Å². The van der Waals surface area contributed by atoms with E-state index in [9.17, 15) is 4.79 Å². The Hall–Kier alpha value is -3.45. The summed E-state index contributed by atoms with van der Waals surface area (Å²) in [7, 11) is 0. The van der Waals surface area contributed by atoms with E-state index in [0.29, 0.717) is 17.9 Å². The van der Waals surface area contributed by atoms with E-state index in [2.05, 4.69) is 15.0 Å². The van der Waals surface area contributed by atoms with Crippen molar-refractivity contribution in [2.24, 2.45) is 5.73 Å². The summed E-state index contributed by atoms with van der Waals surface area (Å²) in [5.41, 5.74) is 20.1. The largest absolute Gasteiger partial charge is 0.383 e. The van der Waals surface area contributed by atoms with E-state index >= 15 is 0 Å². The minimum absolute atomic E-state index is 0.184. The average molecular weight is 334 g/mol. The Morgan fingerprint density at radius 2 is 1.88 bits per heavy atom. The van der Waals surface area contributed by atoms with Crippen LogP contribution in [0.5, 0.6) is 0 Å². The van der Waals surface area contributed by atoms with Crippen LogP contribution in [-0.4, -0.2) is 21.2 Å². The number of aromatic amines is 1. The SMILES string of the molecule is NCc1ccc2c(N)nc(N)nc2c1.O=Cc1ccc2cc[nH]c2c1. The highest BCUT2D eigenvalue weighted by Gasteiger charge is 2.03. The van der Waals surface area contributed by atoms with Crippen molar-refractivity contribution < 1.29 is 4.79 Å². The second kappa shape index (κ2) is 6.98. The summed E-state index contributed by atoms with van der Waals surface area (Å²) in [6.45, 7) is 0.472. The third-order valence-electron chi connectivity index (χ3n) is 3.76. The van der Waals surface area contributed by atoms with E-state index in [1.165, 1.54) is 0 Å². The maximum Gasteiger partial charge on any atom is 0.222 e. The van der Waals surface area contributed by atoms with Crippen LogP contribution in [0.2, 0.25) is 0 Å². The number of benzene rings is 2. The first-order chi connectivity index (χ1) is 12.1. The third kappa shape index (κ3) is 3.56. The first kappa shape index (κ1) is 16.4. The Morgan fingerprint density at radius 3 is 2.64 bits per heavy atom. The number of rotatable bonds is 2. The molecule has 0 saturated heterocycles. The lowest BCUT2D eigenvalue weighted by Gasteiger charge is -2.03. The number of carbonyl (C=O) groups excluding carboxylic acids is 1. The molecule has 0 aliphatic carbocycles. The molecule has 7 N–H and O–H groups in total. The summed E-state index contributed by atoms with van der Waals surface area (Å²) in [5.74, 6) is 0.584. The van der Waals surface area contributed by atoms with Crippen molar-refractivity contribution in [3.63, 3.8) is 0 Å². The fourth-order valence-corrected chi connectivity index (χ4v) is 2.48. The highest BCUT2D eigenvalue weighted by Crippen LogP contribution is 2.19. The predicted molar refractivity (Wildman–Crippen MR) is 99.9 cm³/mol. The van der Waals surface area contributed by atoms with Gasteiger partial charge < -0.3 is 22.2 Å². The average Bonchev–Trinajstić information content (AvgIpc) is 3.09. The van der Waals surface area contributed by atoms with E-state index in [0.717, 1.165) is 33.7 Å². The molecule has 0 bridgehead atoms. The second-order valence-corrected chi connectivity index (χ2v) is 5.46. The summed E-state index contributed by atoms with van der Waals surface area (Å²) < 4.78 is 0. The first-order valence-electron chi connectivity index (χ1n) is 7.64. The highest BCUT2D eigenvalue weighted by atomic mass is 16.1. The smallest absolute Gasteiger partial charge is 0.222 e. The molecule has 2 heterocycles. The van der Waals surface area contributed by atoms with Crippen LogP contribution >= 0.6 is 0 Å². The van der Waals surface area contributed by atoms with Crippen LogP contribution in [0.4, 0.5) is 11.8 Å². The molecule has 2 aromatic heterocycles. The molecule has 4 rings (SSSR count). The number of aromatic nitrogens is 3. The minimum atomic E-state index is 0.184. The summed E-state index contributed by atoms with van der Waals surface area (Å²) in [6.07, 6.45) is 2.71. The number of nitrogens with zero attached hydrogens (tertiary/aromatic N) is 2. The molecule has 0 fully saturated rings. The zero-order valence-corrected chi connectivity index (χ0v) is 13.4. The number of nitrogen functional groups attached to an aromatic ring is 2.